The molecular formula is C12H21NO3. The Balaban J connectivity index is 2.04. The third-order valence-electron chi connectivity index (χ3n) is 2.81. The summed E-state index contributed by atoms with van der Waals surface area (Å²) in [5.74, 6) is -0.0852. The second-order valence-corrected chi connectivity index (χ2v) is 4.18. The molecule has 0 aromatic heterocycles. The number of carbonyl (C=O) groups is 2. The fraction of sp³-hybridized carbons (Fsp3) is 0.833. The van der Waals surface area contributed by atoms with E-state index in [2.05, 4.69) is 6.92 Å². The van der Waals surface area contributed by atoms with Crippen LogP contribution in [0.15, 0.2) is 0 Å². The summed E-state index contributed by atoms with van der Waals surface area (Å²) < 4.78 is 4.71. The Morgan fingerprint density at radius 2 is 1.94 bits per heavy atom. The van der Waals surface area contributed by atoms with Crippen LogP contribution in [0.3, 0.4) is 0 Å². The Labute approximate surface area is 96.9 Å². The van der Waals surface area contributed by atoms with Crippen molar-refractivity contribution >= 4 is 12.0 Å². The molecule has 0 radical (unpaired) electrons. The predicted molar refractivity (Wildman–Crippen MR) is 61.1 cm³/mol. The summed E-state index contributed by atoms with van der Waals surface area (Å²) in [6, 6.07) is 0. The van der Waals surface area contributed by atoms with E-state index in [-0.39, 0.29) is 5.91 Å². The minimum Gasteiger partial charge on any atom is -0.447 e. The van der Waals surface area contributed by atoms with Gasteiger partial charge in [0.2, 0.25) is 5.91 Å². The number of nitrogens with zero attached hydrogens (tertiary/aromatic N) is 1. The summed E-state index contributed by atoms with van der Waals surface area (Å²) in [4.78, 5) is 23.9. The normalized spacial score (nSPS) is 15.3. The second-order valence-electron chi connectivity index (χ2n) is 4.18. The summed E-state index contributed by atoms with van der Waals surface area (Å²) in [6.07, 6.45) is 6.89. The number of rotatable bonds is 7. The van der Waals surface area contributed by atoms with Gasteiger partial charge in [0.1, 0.15) is 6.61 Å². The largest absolute Gasteiger partial charge is 0.447 e. The van der Waals surface area contributed by atoms with Gasteiger partial charge in [0, 0.05) is 6.42 Å². The van der Waals surface area contributed by atoms with Crippen molar-refractivity contribution in [2.45, 2.75) is 51.9 Å². The molecule has 1 fully saturated rings. The predicted octanol–water partition coefficient (Wildman–Crippen LogP) is 2.72. The maximum Gasteiger partial charge on any atom is 0.416 e. The number of cyclic esters (lactones) is 1. The van der Waals surface area contributed by atoms with Gasteiger partial charge >= 0.3 is 6.09 Å². The number of hydrogen-bond acceptors (Lipinski definition) is 3. The van der Waals surface area contributed by atoms with E-state index in [0.717, 1.165) is 12.8 Å². The number of amides is 2. The topological polar surface area (TPSA) is 46.6 Å². The van der Waals surface area contributed by atoms with E-state index >= 15 is 0 Å². The molecule has 1 saturated heterocycles. The molecule has 16 heavy (non-hydrogen) atoms. The number of carbonyl (C=O) groups excluding carboxylic acids is 2. The molecule has 4 heteroatoms. The lowest BCUT2D eigenvalue weighted by Crippen LogP contribution is -2.31. The van der Waals surface area contributed by atoms with Gasteiger partial charge in [0.05, 0.1) is 6.54 Å². The molecule has 0 N–H and O–H groups in total. The van der Waals surface area contributed by atoms with Gasteiger partial charge in [0.15, 0.2) is 0 Å². The van der Waals surface area contributed by atoms with E-state index in [1.807, 2.05) is 0 Å². The van der Waals surface area contributed by atoms with E-state index in [0.29, 0.717) is 19.6 Å². The molecule has 0 atom stereocenters. The Hall–Kier alpha value is -1.06. The van der Waals surface area contributed by atoms with Crippen LogP contribution in [0.25, 0.3) is 0 Å². The molecule has 1 aliphatic heterocycles. The number of imide groups is 1. The SMILES string of the molecule is CCCCCCCCC(=O)N1CCOC1=O. The summed E-state index contributed by atoms with van der Waals surface area (Å²) in [7, 11) is 0. The Bertz CT molecular complexity index is 240. The van der Waals surface area contributed by atoms with Gasteiger partial charge in [-0.05, 0) is 6.42 Å². The first-order valence-electron chi connectivity index (χ1n) is 6.23. The molecule has 0 aromatic carbocycles. The average molecular weight is 227 g/mol. The van der Waals surface area contributed by atoms with E-state index in [1.54, 1.807) is 0 Å². The van der Waals surface area contributed by atoms with Crippen LogP contribution >= 0.6 is 0 Å². The highest BCUT2D eigenvalue weighted by molar-refractivity contribution is 5.92. The second kappa shape index (κ2) is 7.25. The number of unbranched alkanes of at least 4 members (excludes halogenated alkanes) is 5. The third-order valence-corrected chi connectivity index (χ3v) is 2.81. The lowest BCUT2D eigenvalue weighted by molar-refractivity contribution is -0.127. The highest BCUT2D eigenvalue weighted by Gasteiger charge is 2.27. The molecule has 0 spiro atoms. The summed E-state index contributed by atoms with van der Waals surface area (Å²) >= 11 is 0. The van der Waals surface area contributed by atoms with Gasteiger partial charge in [0.25, 0.3) is 0 Å². The Morgan fingerprint density at radius 3 is 2.56 bits per heavy atom. The zero-order chi connectivity index (χ0) is 11.8. The summed E-state index contributed by atoms with van der Waals surface area (Å²) in [5, 5.41) is 0. The van der Waals surface area contributed by atoms with Gasteiger partial charge in [-0.25, -0.2) is 9.69 Å². The zero-order valence-electron chi connectivity index (χ0n) is 10.0. The lowest BCUT2D eigenvalue weighted by Gasteiger charge is -2.09. The van der Waals surface area contributed by atoms with Crippen molar-refractivity contribution in [1.29, 1.82) is 0 Å². The first kappa shape index (κ1) is 13.0. The van der Waals surface area contributed by atoms with Crippen LogP contribution in [-0.2, 0) is 9.53 Å². The van der Waals surface area contributed by atoms with Gasteiger partial charge in [-0.3, -0.25) is 4.79 Å². The van der Waals surface area contributed by atoms with Crippen LogP contribution in [0.2, 0.25) is 0 Å². The molecule has 0 bridgehead atoms. The minimum absolute atomic E-state index is 0.0852. The molecule has 0 saturated carbocycles. The molecule has 0 aliphatic carbocycles. The first-order valence-corrected chi connectivity index (χ1v) is 6.23. The molecule has 2 amide bonds. The molecule has 1 rings (SSSR count). The maximum absolute atomic E-state index is 11.6. The van der Waals surface area contributed by atoms with E-state index in [1.165, 1.54) is 30.6 Å². The molecule has 92 valence electrons. The van der Waals surface area contributed by atoms with Crippen LogP contribution in [0.1, 0.15) is 51.9 Å². The highest BCUT2D eigenvalue weighted by atomic mass is 16.6. The highest BCUT2D eigenvalue weighted by Crippen LogP contribution is 2.10. The molecule has 4 nitrogen and oxygen atoms in total. The van der Waals surface area contributed by atoms with Gasteiger partial charge in [-0.2, -0.15) is 0 Å². The van der Waals surface area contributed by atoms with Crippen molar-refractivity contribution in [3.8, 4) is 0 Å². The van der Waals surface area contributed by atoms with Crippen molar-refractivity contribution in [2.75, 3.05) is 13.2 Å². The van der Waals surface area contributed by atoms with Gasteiger partial charge < -0.3 is 4.74 Å². The van der Waals surface area contributed by atoms with E-state index in [9.17, 15) is 9.59 Å². The molecule has 0 unspecified atom stereocenters. The van der Waals surface area contributed by atoms with Crippen molar-refractivity contribution in [1.82, 2.24) is 4.90 Å². The lowest BCUT2D eigenvalue weighted by atomic mass is 10.1. The number of ether oxygens (including phenoxy) is 1. The Kier molecular flexibility index (Phi) is 5.90. The molecule has 1 heterocycles. The maximum atomic E-state index is 11.6. The third kappa shape index (κ3) is 4.21. The van der Waals surface area contributed by atoms with Gasteiger partial charge in [-0.15, -0.1) is 0 Å². The fourth-order valence-corrected chi connectivity index (χ4v) is 1.81. The average Bonchev–Trinajstić information content (AvgIpc) is 2.69. The zero-order valence-corrected chi connectivity index (χ0v) is 10.0. The smallest absolute Gasteiger partial charge is 0.416 e. The van der Waals surface area contributed by atoms with Crippen molar-refractivity contribution in [3.05, 3.63) is 0 Å². The molecule has 0 aromatic rings. The quantitative estimate of drug-likeness (QED) is 0.628. The summed E-state index contributed by atoms with van der Waals surface area (Å²) in [6.45, 7) is 2.96. The van der Waals surface area contributed by atoms with Crippen molar-refractivity contribution in [3.63, 3.8) is 0 Å². The standard InChI is InChI=1S/C12H21NO3/c1-2-3-4-5-6-7-8-11(14)13-9-10-16-12(13)15/h2-10H2,1H3. The van der Waals surface area contributed by atoms with Crippen LogP contribution in [0.5, 0.6) is 0 Å². The van der Waals surface area contributed by atoms with Crippen molar-refractivity contribution in [2.24, 2.45) is 0 Å². The molecule has 1 aliphatic rings. The van der Waals surface area contributed by atoms with Crippen LogP contribution in [0.4, 0.5) is 4.79 Å². The van der Waals surface area contributed by atoms with Crippen LogP contribution in [0, 0.1) is 0 Å². The van der Waals surface area contributed by atoms with E-state index in [4.69, 9.17) is 4.74 Å². The minimum atomic E-state index is -0.476. The monoisotopic (exact) mass is 227 g/mol. The summed E-state index contributed by atoms with van der Waals surface area (Å²) in [5.41, 5.74) is 0. The van der Waals surface area contributed by atoms with E-state index < -0.39 is 6.09 Å². The van der Waals surface area contributed by atoms with Gasteiger partial charge in [-0.1, -0.05) is 39.0 Å². The Morgan fingerprint density at radius 1 is 1.25 bits per heavy atom. The van der Waals surface area contributed by atoms with Crippen LogP contribution in [-0.4, -0.2) is 30.1 Å². The number of hydrogen-bond donors (Lipinski definition) is 0. The van der Waals surface area contributed by atoms with Crippen molar-refractivity contribution < 1.29 is 14.3 Å². The fourth-order valence-electron chi connectivity index (χ4n) is 1.81. The van der Waals surface area contributed by atoms with Crippen LogP contribution < -0.4 is 0 Å². The first-order chi connectivity index (χ1) is 7.75. The molecular weight excluding hydrogens is 206 g/mol.